The van der Waals surface area contributed by atoms with Gasteiger partial charge >= 0.3 is 0 Å². The van der Waals surface area contributed by atoms with Crippen LogP contribution >= 0.6 is 0 Å². The fourth-order valence-electron chi connectivity index (χ4n) is 3.47. The van der Waals surface area contributed by atoms with Gasteiger partial charge in [0.2, 0.25) is 0 Å². The zero-order valence-electron chi connectivity index (χ0n) is 15.7. The molecule has 1 atom stereocenters. The van der Waals surface area contributed by atoms with Crippen LogP contribution in [-0.2, 0) is 6.42 Å². The lowest BCUT2D eigenvalue weighted by Crippen LogP contribution is -2.40. The van der Waals surface area contributed by atoms with Crippen molar-refractivity contribution in [2.75, 3.05) is 33.8 Å². The third-order valence-electron chi connectivity index (χ3n) is 4.98. The Morgan fingerprint density at radius 3 is 2.67 bits per heavy atom. The quantitative estimate of drug-likeness (QED) is 0.643. The molecule has 0 radical (unpaired) electrons. The molecule has 3 rings (SSSR count). The summed E-state index contributed by atoms with van der Waals surface area (Å²) >= 11 is 0. The second-order valence-corrected chi connectivity index (χ2v) is 6.66. The van der Waals surface area contributed by atoms with Crippen molar-refractivity contribution in [1.82, 2.24) is 10.2 Å². The largest absolute Gasteiger partial charge is 0.497 e. The van der Waals surface area contributed by atoms with Crippen molar-refractivity contribution in [2.24, 2.45) is 4.99 Å². The first-order valence-corrected chi connectivity index (χ1v) is 9.14. The van der Waals surface area contributed by atoms with E-state index in [2.05, 4.69) is 27.3 Å². The van der Waals surface area contributed by atoms with Crippen LogP contribution in [0, 0.1) is 11.6 Å². The number of rotatable bonds is 5. The highest BCUT2D eigenvalue weighted by molar-refractivity contribution is 5.80. The number of aliphatic imine (C=N–C) groups is 1. The van der Waals surface area contributed by atoms with Crippen LogP contribution in [0.5, 0.6) is 5.75 Å². The Morgan fingerprint density at radius 1 is 1.22 bits per heavy atom. The van der Waals surface area contributed by atoms with E-state index in [4.69, 9.17) is 4.74 Å². The van der Waals surface area contributed by atoms with Crippen LogP contribution < -0.4 is 10.1 Å². The second kappa shape index (κ2) is 8.84. The lowest BCUT2D eigenvalue weighted by molar-refractivity contribution is 0.414. The van der Waals surface area contributed by atoms with Crippen LogP contribution in [0.25, 0.3) is 0 Å². The summed E-state index contributed by atoms with van der Waals surface area (Å²) in [5.41, 5.74) is 1.79. The van der Waals surface area contributed by atoms with Crippen LogP contribution in [0.4, 0.5) is 8.78 Å². The van der Waals surface area contributed by atoms with Crippen LogP contribution in [0.3, 0.4) is 0 Å². The van der Waals surface area contributed by atoms with Gasteiger partial charge in [-0.15, -0.1) is 0 Å². The van der Waals surface area contributed by atoms with E-state index in [-0.39, 0.29) is 0 Å². The van der Waals surface area contributed by atoms with Crippen molar-refractivity contribution < 1.29 is 13.5 Å². The van der Waals surface area contributed by atoms with Crippen molar-refractivity contribution in [2.45, 2.75) is 18.8 Å². The molecule has 2 aromatic carbocycles. The molecule has 1 aliphatic heterocycles. The lowest BCUT2D eigenvalue weighted by atomic mass is 9.98. The minimum Gasteiger partial charge on any atom is -0.497 e. The molecule has 1 unspecified atom stereocenters. The zero-order chi connectivity index (χ0) is 19.2. The van der Waals surface area contributed by atoms with Gasteiger partial charge in [-0.2, -0.15) is 0 Å². The van der Waals surface area contributed by atoms with Gasteiger partial charge in [0.1, 0.15) is 17.4 Å². The average molecular weight is 373 g/mol. The first-order chi connectivity index (χ1) is 13.1. The van der Waals surface area contributed by atoms with E-state index < -0.39 is 11.6 Å². The van der Waals surface area contributed by atoms with Gasteiger partial charge in [-0.1, -0.05) is 18.2 Å². The number of hydrogen-bond acceptors (Lipinski definition) is 2. The smallest absolute Gasteiger partial charge is 0.193 e. The van der Waals surface area contributed by atoms with E-state index in [0.29, 0.717) is 24.4 Å². The first kappa shape index (κ1) is 19.1. The second-order valence-electron chi connectivity index (χ2n) is 6.66. The molecule has 144 valence electrons. The maximum Gasteiger partial charge on any atom is 0.193 e. The highest BCUT2D eigenvalue weighted by Crippen LogP contribution is 2.28. The summed E-state index contributed by atoms with van der Waals surface area (Å²) < 4.78 is 31.9. The number of benzene rings is 2. The minimum atomic E-state index is -0.554. The van der Waals surface area contributed by atoms with Crippen LogP contribution in [0.1, 0.15) is 23.5 Å². The molecule has 1 heterocycles. The van der Waals surface area contributed by atoms with E-state index in [1.807, 2.05) is 12.1 Å². The number of nitrogens with one attached hydrogen (secondary N) is 1. The van der Waals surface area contributed by atoms with Gasteiger partial charge in [-0.05, 0) is 42.2 Å². The number of nitrogens with zero attached hydrogens (tertiary/aromatic N) is 2. The molecule has 1 fully saturated rings. The molecule has 0 spiro atoms. The van der Waals surface area contributed by atoms with E-state index in [1.54, 1.807) is 14.2 Å². The average Bonchev–Trinajstić information content (AvgIpc) is 3.17. The van der Waals surface area contributed by atoms with E-state index in [9.17, 15) is 8.78 Å². The van der Waals surface area contributed by atoms with Crippen LogP contribution in [0.15, 0.2) is 47.5 Å². The fraction of sp³-hybridized carbons (Fsp3) is 0.381. The highest BCUT2D eigenvalue weighted by atomic mass is 19.1. The molecule has 1 saturated heterocycles. The highest BCUT2D eigenvalue weighted by Gasteiger charge is 2.26. The Morgan fingerprint density at radius 2 is 2.00 bits per heavy atom. The number of guanidine groups is 1. The van der Waals surface area contributed by atoms with Crippen molar-refractivity contribution in [1.29, 1.82) is 0 Å². The van der Waals surface area contributed by atoms with Gasteiger partial charge in [0.25, 0.3) is 0 Å². The van der Waals surface area contributed by atoms with Gasteiger partial charge in [0, 0.05) is 38.7 Å². The molecule has 1 aliphatic rings. The first-order valence-electron chi connectivity index (χ1n) is 9.14. The third kappa shape index (κ3) is 4.76. The Kier molecular flexibility index (Phi) is 6.27. The normalized spacial score (nSPS) is 17.3. The predicted octanol–water partition coefficient (Wildman–Crippen LogP) is 3.58. The van der Waals surface area contributed by atoms with Crippen LogP contribution in [-0.4, -0.2) is 44.7 Å². The molecular weight excluding hydrogens is 348 g/mol. The molecule has 0 amide bonds. The van der Waals surface area contributed by atoms with Crippen molar-refractivity contribution in [3.8, 4) is 5.75 Å². The summed E-state index contributed by atoms with van der Waals surface area (Å²) in [5, 5.41) is 3.29. The molecule has 27 heavy (non-hydrogen) atoms. The van der Waals surface area contributed by atoms with Gasteiger partial charge in [0.15, 0.2) is 5.96 Å². The van der Waals surface area contributed by atoms with Gasteiger partial charge in [-0.3, -0.25) is 4.99 Å². The molecule has 2 aromatic rings. The molecule has 6 heteroatoms. The predicted molar refractivity (Wildman–Crippen MR) is 103 cm³/mol. The molecular formula is C21H25F2N3O. The Bertz CT molecular complexity index is 793. The number of methoxy groups -OCH3 is 1. The molecule has 0 aliphatic carbocycles. The summed E-state index contributed by atoms with van der Waals surface area (Å²) in [6.07, 6.45) is 1.53. The number of likely N-dealkylation sites (tertiary alicyclic amines) is 1. The molecule has 0 bridgehead atoms. The minimum absolute atomic E-state index is 0.448. The summed E-state index contributed by atoms with van der Waals surface area (Å²) in [4.78, 5) is 6.57. The van der Waals surface area contributed by atoms with Crippen molar-refractivity contribution in [3.05, 3.63) is 65.2 Å². The number of ether oxygens (including phenoxy) is 1. The molecule has 0 aromatic heterocycles. The lowest BCUT2D eigenvalue weighted by Gasteiger charge is -2.22. The fourth-order valence-corrected chi connectivity index (χ4v) is 3.47. The Hall–Kier alpha value is -2.63. The van der Waals surface area contributed by atoms with E-state index >= 15 is 0 Å². The Labute approximate surface area is 158 Å². The van der Waals surface area contributed by atoms with E-state index in [1.165, 1.54) is 17.7 Å². The standard InChI is InChI=1S/C21H25F2N3O/c1-24-21(25-11-9-16-3-6-18(22)13-20(16)23)26-12-10-17(14-26)15-4-7-19(27-2)8-5-15/h3-8,13,17H,9-12,14H2,1-2H3,(H,24,25). The van der Waals surface area contributed by atoms with Crippen LogP contribution in [0.2, 0.25) is 0 Å². The zero-order valence-corrected chi connectivity index (χ0v) is 15.7. The third-order valence-corrected chi connectivity index (χ3v) is 4.98. The molecule has 0 saturated carbocycles. The Balaban J connectivity index is 1.53. The number of halogens is 2. The molecule has 1 N–H and O–H groups in total. The monoisotopic (exact) mass is 373 g/mol. The maximum absolute atomic E-state index is 13.7. The maximum atomic E-state index is 13.7. The summed E-state index contributed by atoms with van der Waals surface area (Å²) in [7, 11) is 3.42. The summed E-state index contributed by atoms with van der Waals surface area (Å²) in [6, 6.07) is 11.9. The topological polar surface area (TPSA) is 36.9 Å². The van der Waals surface area contributed by atoms with Gasteiger partial charge in [-0.25, -0.2) is 8.78 Å². The van der Waals surface area contributed by atoms with Gasteiger partial charge < -0.3 is 15.0 Å². The number of hydrogen-bond donors (Lipinski definition) is 1. The van der Waals surface area contributed by atoms with E-state index in [0.717, 1.165) is 37.3 Å². The SMILES string of the molecule is CN=C(NCCc1ccc(F)cc1F)N1CCC(c2ccc(OC)cc2)C1. The molecule has 4 nitrogen and oxygen atoms in total. The van der Waals surface area contributed by atoms with Crippen molar-refractivity contribution in [3.63, 3.8) is 0 Å². The summed E-state index contributed by atoms with van der Waals surface area (Å²) in [6.45, 7) is 2.34. The van der Waals surface area contributed by atoms with Crippen molar-refractivity contribution >= 4 is 5.96 Å². The summed E-state index contributed by atoms with van der Waals surface area (Å²) in [5.74, 6) is 1.06. The van der Waals surface area contributed by atoms with Gasteiger partial charge in [0.05, 0.1) is 7.11 Å².